The van der Waals surface area contributed by atoms with Gasteiger partial charge in [0.25, 0.3) is 0 Å². The molecule has 2 aromatic rings. The van der Waals surface area contributed by atoms with E-state index in [1.807, 2.05) is 37.5 Å². The highest BCUT2D eigenvalue weighted by Gasteiger charge is 2.20. The molecule has 0 aliphatic heterocycles. The minimum absolute atomic E-state index is 0.0000728. The Balaban J connectivity index is 2.07. The molecule has 0 radical (unpaired) electrons. The quantitative estimate of drug-likeness (QED) is 0.844. The highest BCUT2D eigenvalue weighted by molar-refractivity contribution is 6.30. The number of amides is 1. The van der Waals surface area contributed by atoms with Crippen LogP contribution in [-0.4, -0.2) is 22.8 Å². The number of rotatable bonds is 7. The van der Waals surface area contributed by atoms with Gasteiger partial charge in [-0.1, -0.05) is 37.1 Å². The Morgan fingerprint density at radius 2 is 2.09 bits per heavy atom. The summed E-state index contributed by atoms with van der Waals surface area (Å²) in [7, 11) is 3.39. The Morgan fingerprint density at radius 1 is 1.39 bits per heavy atom. The fraction of sp³-hybridized carbons (Fsp3) is 0.412. The number of methoxy groups -OCH3 is 1. The minimum atomic E-state index is -0.181. The highest BCUT2D eigenvalue weighted by Crippen LogP contribution is 2.24. The Bertz CT molecular complexity index is 652. The molecule has 124 valence electrons. The zero-order valence-electron chi connectivity index (χ0n) is 13.7. The lowest BCUT2D eigenvalue weighted by Gasteiger charge is -2.16. The summed E-state index contributed by atoms with van der Waals surface area (Å²) in [5.74, 6) is 0.353. The molecule has 0 fully saturated rings. The molecule has 0 aliphatic rings. The van der Waals surface area contributed by atoms with Crippen LogP contribution in [0.2, 0.25) is 5.02 Å². The van der Waals surface area contributed by atoms with Crippen molar-refractivity contribution in [2.45, 2.75) is 32.2 Å². The molecule has 0 spiro atoms. The number of aryl methyl sites for hydroxylation is 1. The van der Waals surface area contributed by atoms with Crippen LogP contribution >= 0.6 is 11.6 Å². The predicted octanol–water partition coefficient (Wildman–Crippen LogP) is 3.28. The predicted molar refractivity (Wildman–Crippen MR) is 90.7 cm³/mol. The van der Waals surface area contributed by atoms with Crippen molar-refractivity contribution >= 4 is 17.5 Å². The van der Waals surface area contributed by atoms with Gasteiger partial charge in [0.15, 0.2) is 0 Å². The molecule has 2 rings (SSSR count). The number of ether oxygens (including phenoxy) is 1. The first-order valence-electron chi connectivity index (χ1n) is 7.64. The van der Waals surface area contributed by atoms with E-state index in [1.54, 1.807) is 11.8 Å². The fourth-order valence-electron chi connectivity index (χ4n) is 2.55. The summed E-state index contributed by atoms with van der Waals surface area (Å²) in [5.41, 5.74) is 1.83. The maximum absolute atomic E-state index is 12.6. The van der Waals surface area contributed by atoms with E-state index in [4.69, 9.17) is 16.3 Å². The first-order chi connectivity index (χ1) is 11.0. The first kappa shape index (κ1) is 17.3. The van der Waals surface area contributed by atoms with Crippen LogP contribution in [0.15, 0.2) is 30.5 Å². The lowest BCUT2D eigenvalue weighted by Crippen LogP contribution is -2.29. The van der Waals surface area contributed by atoms with Crippen molar-refractivity contribution in [3.63, 3.8) is 0 Å². The summed E-state index contributed by atoms with van der Waals surface area (Å²) < 4.78 is 6.88. The average Bonchev–Trinajstić information content (AvgIpc) is 2.91. The lowest BCUT2D eigenvalue weighted by atomic mass is 9.93. The average molecular weight is 336 g/mol. The van der Waals surface area contributed by atoms with Gasteiger partial charge in [0.2, 0.25) is 11.8 Å². The second-order valence-electron chi connectivity index (χ2n) is 5.45. The number of benzene rings is 1. The Hall–Kier alpha value is -2.01. The largest absolute Gasteiger partial charge is 0.480 e. The lowest BCUT2D eigenvalue weighted by molar-refractivity contribution is -0.122. The number of carbonyl (C=O) groups excluding carboxylic acids is 1. The number of carbonyl (C=O) groups is 1. The second-order valence-corrected chi connectivity index (χ2v) is 5.88. The topological polar surface area (TPSA) is 56.2 Å². The number of hydrogen-bond donors (Lipinski definition) is 1. The SMILES string of the molecule is CCCC(C(=O)NCc1cn(C)nc1OC)c1ccc(Cl)cc1. The maximum Gasteiger partial charge on any atom is 0.237 e. The van der Waals surface area contributed by atoms with Crippen LogP contribution in [0.5, 0.6) is 5.88 Å². The van der Waals surface area contributed by atoms with E-state index in [1.165, 1.54) is 0 Å². The number of aromatic nitrogens is 2. The van der Waals surface area contributed by atoms with Crippen LogP contribution in [0, 0.1) is 0 Å². The van der Waals surface area contributed by atoms with Crippen LogP contribution in [0.3, 0.4) is 0 Å². The summed E-state index contributed by atoms with van der Waals surface area (Å²) >= 11 is 5.93. The van der Waals surface area contributed by atoms with Crippen molar-refractivity contribution in [3.8, 4) is 5.88 Å². The fourth-order valence-corrected chi connectivity index (χ4v) is 2.67. The van der Waals surface area contributed by atoms with Gasteiger partial charge in [-0.3, -0.25) is 9.48 Å². The van der Waals surface area contributed by atoms with Crippen LogP contribution in [0.25, 0.3) is 0 Å². The summed E-state index contributed by atoms with van der Waals surface area (Å²) in [6.45, 7) is 2.46. The Kier molecular flexibility index (Phi) is 6.04. The molecule has 1 unspecified atom stereocenters. The van der Waals surface area contributed by atoms with Gasteiger partial charge in [0.05, 0.1) is 18.6 Å². The molecule has 1 amide bonds. The monoisotopic (exact) mass is 335 g/mol. The Labute approximate surface area is 141 Å². The molecule has 23 heavy (non-hydrogen) atoms. The van der Waals surface area contributed by atoms with Gasteiger partial charge in [-0.2, -0.15) is 0 Å². The summed E-state index contributed by atoms with van der Waals surface area (Å²) in [4.78, 5) is 12.6. The van der Waals surface area contributed by atoms with Crippen molar-refractivity contribution in [1.82, 2.24) is 15.1 Å². The molecule has 0 aliphatic carbocycles. The summed E-state index contributed by atoms with van der Waals surface area (Å²) in [6, 6.07) is 7.45. The third-order valence-electron chi connectivity index (χ3n) is 3.68. The van der Waals surface area contributed by atoms with Crippen molar-refractivity contribution in [1.29, 1.82) is 0 Å². The molecule has 1 aromatic heterocycles. The van der Waals surface area contributed by atoms with Crippen molar-refractivity contribution < 1.29 is 9.53 Å². The second kappa shape index (κ2) is 8.02. The standard InChI is InChI=1S/C17H22ClN3O2/c1-4-5-15(12-6-8-14(18)9-7-12)16(22)19-10-13-11-21(2)20-17(13)23-3/h6-9,11,15H,4-5,10H2,1-3H3,(H,19,22). The van der Waals surface area contributed by atoms with Crippen LogP contribution in [0.4, 0.5) is 0 Å². The van der Waals surface area contributed by atoms with Crippen molar-refractivity contribution in [2.24, 2.45) is 7.05 Å². The third kappa shape index (κ3) is 4.48. The van der Waals surface area contributed by atoms with Gasteiger partial charge in [-0.25, -0.2) is 0 Å². The molecule has 6 heteroatoms. The maximum atomic E-state index is 12.6. The molecule has 0 saturated heterocycles. The van der Waals surface area contributed by atoms with E-state index in [0.717, 1.165) is 24.0 Å². The highest BCUT2D eigenvalue weighted by atomic mass is 35.5. The van der Waals surface area contributed by atoms with E-state index in [9.17, 15) is 4.79 Å². The smallest absolute Gasteiger partial charge is 0.237 e. The van der Waals surface area contributed by atoms with Gasteiger partial charge < -0.3 is 10.1 Å². The zero-order chi connectivity index (χ0) is 16.8. The van der Waals surface area contributed by atoms with Crippen molar-refractivity contribution in [2.75, 3.05) is 7.11 Å². The van der Waals surface area contributed by atoms with Gasteiger partial charge in [0.1, 0.15) is 0 Å². The molecule has 1 N–H and O–H groups in total. The number of halogens is 1. The molecular weight excluding hydrogens is 314 g/mol. The number of hydrogen-bond acceptors (Lipinski definition) is 3. The molecule has 1 aromatic carbocycles. The molecule has 5 nitrogen and oxygen atoms in total. The van der Waals surface area contributed by atoms with Gasteiger partial charge in [-0.15, -0.1) is 5.10 Å². The molecular formula is C17H22ClN3O2. The van der Waals surface area contributed by atoms with E-state index in [2.05, 4.69) is 17.3 Å². The van der Waals surface area contributed by atoms with E-state index in [0.29, 0.717) is 17.4 Å². The Morgan fingerprint density at radius 3 is 2.70 bits per heavy atom. The molecule has 1 atom stereocenters. The zero-order valence-corrected chi connectivity index (χ0v) is 14.4. The van der Waals surface area contributed by atoms with Crippen LogP contribution in [-0.2, 0) is 18.4 Å². The number of nitrogens with zero attached hydrogens (tertiary/aromatic N) is 2. The molecule has 0 bridgehead atoms. The van der Waals surface area contributed by atoms with Crippen molar-refractivity contribution in [3.05, 3.63) is 46.6 Å². The van der Waals surface area contributed by atoms with Crippen LogP contribution < -0.4 is 10.1 Å². The summed E-state index contributed by atoms with van der Waals surface area (Å²) in [5, 5.41) is 7.84. The minimum Gasteiger partial charge on any atom is -0.480 e. The van der Waals surface area contributed by atoms with Crippen LogP contribution in [0.1, 0.15) is 36.8 Å². The van der Waals surface area contributed by atoms with Gasteiger partial charge >= 0.3 is 0 Å². The first-order valence-corrected chi connectivity index (χ1v) is 8.02. The normalized spacial score (nSPS) is 12.0. The van der Waals surface area contributed by atoms with Gasteiger partial charge in [-0.05, 0) is 24.1 Å². The van der Waals surface area contributed by atoms with Gasteiger partial charge in [0, 0.05) is 24.8 Å². The molecule has 1 heterocycles. The summed E-state index contributed by atoms with van der Waals surface area (Å²) in [6.07, 6.45) is 3.56. The van der Waals surface area contributed by atoms with E-state index in [-0.39, 0.29) is 11.8 Å². The number of nitrogens with one attached hydrogen (secondary N) is 1. The third-order valence-corrected chi connectivity index (χ3v) is 3.93. The molecule has 0 saturated carbocycles. The van der Waals surface area contributed by atoms with E-state index >= 15 is 0 Å². The van der Waals surface area contributed by atoms with E-state index < -0.39 is 0 Å².